The van der Waals surface area contributed by atoms with Crippen LogP contribution in [-0.2, 0) is 35.1 Å². The Balaban J connectivity index is 1.83. The quantitative estimate of drug-likeness (QED) is 0.592. The zero-order valence-corrected chi connectivity index (χ0v) is 16.8. The average molecular weight is 419 g/mol. The summed E-state index contributed by atoms with van der Waals surface area (Å²) in [6.07, 6.45) is -0.112. The summed E-state index contributed by atoms with van der Waals surface area (Å²) in [7, 11) is 1.28. The topological polar surface area (TPSA) is 124 Å². The highest BCUT2D eigenvalue weighted by atomic mass is 32.1. The van der Waals surface area contributed by atoms with Gasteiger partial charge >= 0.3 is 11.9 Å². The van der Waals surface area contributed by atoms with E-state index in [2.05, 4.69) is 20.4 Å². The number of ether oxygens (including phenoxy) is 2. The van der Waals surface area contributed by atoms with Crippen LogP contribution in [0, 0.1) is 0 Å². The minimum atomic E-state index is -0.631. The number of esters is 2. The van der Waals surface area contributed by atoms with Gasteiger partial charge in [0.2, 0.25) is 5.91 Å². The van der Waals surface area contributed by atoms with Crippen molar-refractivity contribution in [3.63, 3.8) is 0 Å². The van der Waals surface area contributed by atoms with Gasteiger partial charge in [0.25, 0.3) is 5.91 Å². The number of carbonyl (C=O) groups is 4. The van der Waals surface area contributed by atoms with Gasteiger partial charge in [-0.05, 0) is 5.56 Å². The molecule has 1 aromatic carbocycles. The number of hydrogen-bond acceptors (Lipinski definition) is 8. The fourth-order valence-corrected chi connectivity index (χ4v) is 3.10. The van der Waals surface area contributed by atoms with Crippen molar-refractivity contribution in [2.75, 3.05) is 19.0 Å². The first kappa shape index (κ1) is 22.0. The van der Waals surface area contributed by atoms with E-state index in [-0.39, 0.29) is 23.9 Å². The number of hydrogen-bond donors (Lipinski definition) is 2. The summed E-state index contributed by atoms with van der Waals surface area (Å²) in [4.78, 5) is 50.8. The number of methoxy groups -OCH3 is 1. The van der Waals surface area contributed by atoms with Crippen LogP contribution in [0.4, 0.5) is 5.13 Å². The van der Waals surface area contributed by atoms with Crippen LogP contribution in [0.5, 0.6) is 0 Å². The lowest BCUT2D eigenvalue weighted by Crippen LogP contribution is -2.29. The van der Waals surface area contributed by atoms with Gasteiger partial charge in [-0.15, -0.1) is 11.3 Å². The average Bonchev–Trinajstić information content (AvgIpc) is 3.12. The number of rotatable bonds is 9. The second-order valence-corrected chi connectivity index (χ2v) is 6.83. The molecule has 0 saturated carbocycles. The third kappa shape index (κ3) is 7.70. The highest BCUT2D eigenvalue weighted by molar-refractivity contribution is 7.13. The zero-order valence-electron chi connectivity index (χ0n) is 16.0. The van der Waals surface area contributed by atoms with Crippen molar-refractivity contribution in [2.45, 2.75) is 25.8 Å². The van der Waals surface area contributed by atoms with E-state index in [1.165, 1.54) is 14.0 Å². The Morgan fingerprint density at radius 3 is 2.52 bits per heavy atom. The molecular weight excluding hydrogens is 398 g/mol. The van der Waals surface area contributed by atoms with E-state index in [0.29, 0.717) is 5.69 Å². The van der Waals surface area contributed by atoms with Crippen molar-refractivity contribution in [1.29, 1.82) is 0 Å². The van der Waals surface area contributed by atoms with E-state index in [0.717, 1.165) is 16.9 Å². The van der Waals surface area contributed by atoms with Gasteiger partial charge in [-0.3, -0.25) is 24.5 Å². The molecule has 2 aromatic rings. The third-order valence-electron chi connectivity index (χ3n) is 3.67. The standard InChI is InChI=1S/C19H21N3O6S/c1-12(23)20-15(13-6-4-3-5-7-13)9-18(26)28-10-16(24)22-19-21-14(11-29-19)8-17(25)27-2/h3-7,11,15H,8-10H2,1-2H3,(H,20,23)(H,21,22,24)/t15-/m1/s1. The largest absolute Gasteiger partial charge is 0.469 e. The normalized spacial score (nSPS) is 11.2. The maximum atomic E-state index is 12.1. The van der Waals surface area contributed by atoms with Crippen molar-refractivity contribution in [1.82, 2.24) is 10.3 Å². The van der Waals surface area contributed by atoms with E-state index >= 15 is 0 Å². The summed E-state index contributed by atoms with van der Waals surface area (Å²) in [6.45, 7) is 0.865. The van der Waals surface area contributed by atoms with Gasteiger partial charge in [0.1, 0.15) is 0 Å². The molecule has 0 aliphatic carbocycles. The number of nitrogens with zero attached hydrogens (tertiary/aromatic N) is 1. The number of amides is 2. The fourth-order valence-electron chi connectivity index (χ4n) is 2.38. The third-order valence-corrected chi connectivity index (χ3v) is 4.47. The number of anilines is 1. The Morgan fingerprint density at radius 1 is 1.14 bits per heavy atom. The summed E-state index contributed by atoms with van der Waals surface area (Å²) >= 11 is 1.14. The van der Waals surface area contributed by atoms with E-state index in [1.54, 1.807) is 29.6 Å². The second-order valence-electron chi connectivity index (χ2n) is 5.97. The van der Waals surface area contributed by atoms with E-state index in [1.807, 2.05) is 6.07 Å². The summed E-state index contributed by atoms with van der Waals surface area (Å²) in [6, 6.07) is 8.44. The van der Waals surface area contributed by atoms with E-state index in [4.69, 9.17) is 4.74 Å². The fraction of sp³-hybridized carbons (Fsp3) is 0.316. The minimum absolute atomic E-state index is 0.00186. The van der Waals surface area contributed by atoms with Crippen LogP contribution in [0.15, 0.2) is 35.7 Å². The second kappa shape index (κ2) is 10.9. The van der Waals surface area contributed by atoms with Crippen LogP contribution in [0.1, 0.15) is 30.6 Å². The van der Waals surface area contributed by atoms with Gasteiger partial charge in [0.15, 0.2) is 11.7 Å². The van der Waals surface area contributed by atoms with Crippen molar-refractivity contribution in [3.05, 3.63) is 47.0 Å². The molecule has 0 spiro atoms. The highest BCUT2D eigenvalue weighted by Gasteiger charge is 2.19. The molecule has 2 N–H and O–H groups in total. The van der Waals surface area contributed by atoms with Crippen LogP contribution in [-0.4, -0.2) is 42.5 Å². The Labute approximate surface area is 171 Å². The van der Waals surface area contributed by atoms with E-state index < -0.39 is 30.5 Å². The molecule has 0 aliphatic rings. The number of nitrogens with one attached hydrogen (secondary N) is 2. The molecule has 2 rings (SSSR count). The molecule has 0 fully saturated rings. The first-order chi connectivity index (χ1) is 13.9. The molecule has 1 heterocycles. The Kier molecular flexibility index (Phi) is 8.28. The number of aromatic nitrogens is 1. The molecule has 154 valence electrons. The molecule has 0 unspecified atom stereocenters. The lowest BCUT2D eigenvalue weighted by molar-refractivity contribution is -0.148. The summed E-state index contributed by atoms with van der Waals surface area (Å²) < 4.78 is 9.55. The first-order valence-corrected chi connectivity index (χ1v) is 9.54. The van der Waals surface area contributed by atoms with Gasteiger partial charge in [0.05, 0.1) is 31.7 Å². The minimum Gasteiger partial charge on any atom is -0.469 e. The molecule has 1 atom stereocenters. The van der Waals surface area contributed by atoms with Crippen molar-refractivity contribution >= 4 is 40.2 Å². The summed E-state index contributed by atoms with van der Waals surface area (Å²) in [5.74, 6) is -1.91. The Bertz CT molecular complexity index is 868. The van der Waals surface area contributed by atoms with Gasteiger partial charge in [0, 0.05) is 12.3 Å². The van der Waals surface area contributed by atoms with Crippen LogP contribution < -0.4 is 10.6 Å². The molecule has 0 radical (unpaired) electrons. The van der Waals surface area contributed by atoms with Crippen LogP contribution in [0.2, 0.25) is 0 Å². The smallest absolute Gasteiger partial charge is 0.311 e. The van der Waals surface area contributed by atoms with Crippen molar-refractivity contribution < 1.29 is 28.7 Å². The zero-order chi connectivity index (χ0) is 21.2. The highest BCUT2D eigenvalue weighted by Crippen LogP contribution is 2.18. The molecule has 1 aromatic heterocycles. The lowest BCUT2D eigenvalue weighted by Gasteiger charge is -2.17. The van der Waals surface area contributed by atoms with Crippen LogP contribution in [0.25, 0.3) is 0 Å². The monoisotopic (exact) mass is 419 g/mol. The summed E-state index contributed by atoms with van der Waals surface area (Å²) in [5, 5.41) is 7.09. The lowest BCUT2D eigenvalue weighted by atomic mass is 10.0. The molecule has 0 saturated heterocycles. The van der Waals surface area contributed by atoms with E-state index in [9.17, 15) is 19.2 Å². The molecule has 2 amide bonds. The van der Waals surface area contributed by atoms with Gasteiger partial charge < -0.3 is 14.8 Å². The Morgan fingerprint density at radius 2 is 1.86 bits per heavy atom. The van der Waals surface area contributed by atoms with Gasteiger partial charge in [-0.25, -0.2) is 4.98 Å². The predicted molar refractivity (Wildman–Crippen MR) is 105 cm³/mol. The van der Waals surface area contributed by atoms with Crippen molar-refractivity contribution in [3.8, 4) is 0 Å². The molecular formula is C19H21N3O6S. The van der Waals surface area contributed by atoms with Gasteiger partial charge in [-0.2, -0.15) is 0 Å². The first-order valence-electron chi connectivity index (χ1n) is 8.66. The Hall–Kier alpha value is -3.27. The molecule has 0 bridgehead atoms. The number of carbonyl (C=O) groups excluding carboxylic acids is 4. The summed E-state index contributed by atoms with van der Waals surface area (Å²) in [5.41, 5.74) is 1.22. The molecule has 29 heavy (non-hydrogen) atoms. The number of thiazole rings is 1. The van der Waals surface area contributed by atoms with Crippen LogP contribution in [0.3, 0.4) is 0 Å². The van der Waals surface area contributed by atoms with Crippen molar-refractivity contribution in [2.24, 2.45) is 0 Å². The van der Waals surface area contributed by atoms with Crippen LogP contribution >= 0.6 is 11.3 Å². The number of benzene rings is 1. The van der Waals surface area contributed by atoms with Gasteiger partial charge in [-0.1, -0.05) is 30.3 Å². The SMILES string of the molecule is COC(=O)Cc1csc(NC(=O)COC(=O)C[C@@H](NC(C)=O)c2ccccc2)n1. The molecule has 0 aliphatic heterocycles. The molecule has 9 nitrogen and oxygen atoms in total. The molecule has 10 heteroatoms. The maximum Gasteiger partial charge on any atom is 0.311 e. The predicted octanol–water partition coefficient (Wildman–Crippen LogP) is 1.61. The maximum absolute atomic E-state index is 12.1.